The molecule has 192 valence electrons. The Hall–Kier alpha value is -2.94. The van der Waals surface area contributed by atoms with Crippen LogP contribution in [0.25, 0.3) is 11.1 Å². The van der Waals surface area contributed by atoms with Gasteiger partial charge < -0.3 is 14.6 Å². The first kappa shape index (κ1) is 26.1. The molecular formula is C28H33NO6S. The van der Waals surface area contributed by atoms with E-state index in [0.717, 1.165) is 43.2 Å². The van der Waals surface area contributed by atoms with Gasteiger partial charge in [0, 0.05) is 23.5 Å². The summed E-state index contributed by atoms with van der Waals surface area (Å²) in [5, 5.41) is 26.7. The molecule has 8 heteroatoms. The Labute approximate surface area is 211 Å². The zero-order chi connectivity index (χ0) is 25.9. The van der Waals surface area contributed by atoms with Crippen LogP contribution in [0.15, 0.2) is 56.6 Å². The summed E-state index contributed by atoms with van der Waals surface area (Å²) in [7, 11) is -4.06. The minimum absolute atomic E-state index is 0.0213. The van der Waals surface area contributed by atoms with Gasteiger partial charge in [0.25, 0.3) is 0 Å². The maximum Gasteiger partial charge on any atom is 0.343 e. The maximum atomic E-state index is 13.2. The van der Waals surface area contributed by atoms with Crippen molar-refractivity contribution in [3.8, 4) is 16.9 Å². The van der Waals surface area contributed by atoms with Gasteiger partial charge in [-0.3, -0.25) is 0 Å². The molecule has 4 rings (SSSR count). The highest BCUT2D eigenvalue weighted by molar-refractivity contribution is 7.89. The molecule has 0 saturated carbocycles. The number of primary sulfonamides is 1. The lowest BCUT2D eigenvalue weighted by Crippen LogP contribution is -2.18. The zero-order valence-corrected chi connectivity index (χ0v) is 21.3. The molecule has 0 amide bonds. The molecule has 0 spiro atoms. The minimum atomic E-state index is -4.06. The summed E-state index contributed by atoms with van der Waals surface area (Å²) in [6.07, 6.45) is 6.64. The van der Waals surface area contributed by atoms with Crippen molar-refractivity contribution in [1.29, 1.82) is 0 Å². The van der Waals surface area contributed by atoms with E-state index >= 15 is 0 Å². The lowest BCUT2D eigenvalue weighted by Gasteiger charge is -2.22. The van der Waals surface area contributed by atoms with Gasteiger partial charge in [0.1, 0.15) is 11.5 Å². The van der Waals surface area contributed by atoms with E-state index in [1.54, 1.807) is 30.3 Å². The van der Waals surface area contributed by atoms with E-state index in [1.165, 1.54) is 6.07 Å². The number of rotatable bonds is 7. The van der Waals surface area contributed by atoms with Crippen molar-refractivity contribution in [1.82, 2.24) is 0 Å². The van der Waals surface area contributed by atoms with Crippen molar-refractivity contribution >= 4 is 10.0 Å². The van der Waals surface area contributed by atoms with Gasteiger partial charge >= 0.3 is 5.63 Å². The van der Waals surface area contributed by atoms with Gasteiger partial charge in [0.05, 0.1) is 17.1 Å². The summed E-state index contributed by atoms with van der Waals surface area (Å²) in [5.41, 5.74) is 2.49. The Morgan fingerprint density at radius 3 is 2.47 bits per heavy atom. The van der Waals surface area contributed by atoms with E-state index in [0.29, 0.717) is 41.7 Å². The summed E-state index contributed by atoms with van der Waals surface area (Å²) in [4.78, 5) is 13.1. The molecular weight excluding hydrogens is 478 g/mol. The number of hydrogen-bond acceptors (Lipinski definition) is 6. The minimum Gasteiger partial charge on any atom is -0.507 e. The van der Waals surface area contributed by atoms with Crippen LogP contribution in [-0.4, -0.2) is 18.6 Å². The summed E-state index contributed by atoms with van der Waals surface area (Å²) in [6.45, 7) is 1.64. The Balaban J connectivity index is 1.89. The fourth-order valence-electron chi connectivity index (χ4n) is 5.28. The van der Waals surface area contributed by atoms with Crippen molar-refractivity contribution in [3.63, 3.8) is 0 Å². The summed E-state index contributed by atoms with van der Waals surface area (Å²) < 4.78 is 30.4. The lowest BCUT2D eigenvalue weighted by molar-refractivity contribution is 0.282. The van der Waals surface area contributed by atoms with E-state index < -0.39 is 21.6 Å². The number of fused-ring (bicyclic) bond motifs is 1. The van der Waals surface area contributed by atoms with Gasteiger partial charge in [-0.2, -0.15) is 0 Å². The van der Waals surface area contributed by atoms with Crippen LogP contribution in [0.1, 0.15) is 79.4 Å². The fourth-order valence-corrected chi connectivity index (χ4v) is 6.08. The van der Waals surface area contributed by atoms with E-state index in [2.05, 4.69) is 0 Å². The Bertz CT molecular complexity index is 1410. The van der Waals surface area contributed by atoms with E-state index in [9.17, 15) is 23.4 Å². The molecule has 1 aliphatic rings. The monoisotopic (exact) mass is 511 g/mol. The summed E-state index contributed by atoms with van der Waals surface area (Å²) in [5.74, 6) is 0.161. The molecule has 0 aliphatic heterocycles. The molecule has 36 heavy (non-hydrogen) atoms. The topological polar surface area (TPSA) is 131 Å². The molecule has 0 bridgehead atoms. The van der Waals surface area contributed by atoms with Crippen molar-refractivity contribution in [2.75, 3.05) is 0 Å². The van der Waals surface area contributed by atoms with Gasteiger partial charge in [-0.25, -0.2) is 18.4 Å². The molecule has 4 N–H and O–H groups in total. The molecule has 1 unspecified atom stereocenters. The zero-order valence-electron chi connectivity index (χ0n) is 20.5. The van der Waals surface area contributed by atoms with Gasteiger partial charge in [-0.1, -0.05) is 62.6 Å². The second-order valence-corrected chi connectivity index (χ2v) is 11.0. The Morgan fingerprint density at radius 1 is 1.06 bits per heavy atom. The number of aromatic hydroxyl groups is 1. The first-order chi connectivity index (χ1) is 17.3. The Morgan fingerprint density at radius 2 is 1.78 bits per heavy atom. The predicted octanol–water partition coefficient (Wildman–Crippen LogP) is 4.74. The predicted molar refractivity (Wildman–Crippen MR) is 138 cm³/mol. The third kappa shape index (κ3) is 5.26. The standard InChI is InChI=1S/C28H33NO6S/c1-2-9-21(26-27(31)22-13-5-3-4-6-14-23(22)35-28(26)32)18-10-7-11-19(16-18)25-20(17-30)12-8-15-24(25)36(29,33)34/h7-8,10-12,15-16,21,30-31H,2-6,9,13-14,17H2,1H3,(H2,29,33,34). The number of aliphatic hydroxyl groups is 1. The van der Waals surface area contributed by atoms with Crippen molar-refractivity contribution in [3.05, 3.63) is 80.9 Å². The number of nitrogens with two attached hydrogens (primary N) is 1. The third-order valence-corrected chi connectivity index (χ3v) is 7.94. The van der Waals surface area contributed by atoms with Crippen LogP contribution in [0.4, 0.5) is 0 Å². The molecule has 3 aromatic rings. The van der Waals surface area contributed by atoms with Gasteiger partial charge in [0.15, 0.2) is 0 Å². The molecule has 0 saturated heterocycles. The van der Waals surface area contributed by atoms with Gasteiger partial charge in [0.2, 0.25) is 10.0 Å². The van der Waals surface area contributed by atoms with Crippen molar-refractivity contribution in [2.24, 2.45) is 5.14 Å². The molecule has 7 nitrogen and oxygen atoms in total. The van der Waals surface area contributed by atoms with Crippen LogP contribution in [-0.2, 0) is 29.5 Å². The lowest BCUT2D eigenvalue weighted by atomic mass is 9.84. The molecule has 1 heterocycles. The molecule has 1 aromatic heterocycles. The van der Waals surface area contributed by atoms with Crippen LogP contribution in [0.2, 0.25) is 0 Å². The van der Waals surface area contributed by atoms with Crippen LogP contribution >= 0.6 is 0 Å². The quantitative estimate of drug-likeness (QED) is 0.420. The molecule has 0 radical (unpaired) electrons. The molecule has 0 fully saturated rings. The second-order valence-electron chi connectivity index (χ2n) is 9.43. The number of aliphatic hydroxyl groups excluding tert-OH is 1. The number of aryl methyl sites for hydroxylation is 1. The van der Waals surface area contributed by atoms with Crippen LogP contribution < -0.4 is 10.8 Å². The van der Waals surface area contributed by atoms with E-state index in [1.807, 2.05) is 13.0 Å². The van der Waals surface area contributed by atoms with Crippen LogP contribution in [0, 0.1) is 0 Å². The van der Waals surface area contributed by atoms with Crippen molar-refractivity contribution < 1.29 is 23.0 Å². The number of hydrogen-bond donors (Lipinski definition) is 3. The smallest absolute Gasteiger partial charge is 0.343 e. The SMILES string of the molecule is CCCC(c1cccc(-c2c(CO)cccc2S(N)(=O)=O)c1)c1c(O)c2c(oc1=O)CCCCCC2. The normalized spacial score (nSPS) is 15.1. The molecule has 2 aromatic carbocycles. The third-order valence-electron chi connectivity index (χ3n) is 6.99. The maximum absolute atomic E-state index is 13.2. The summed E-state index contributed by atoms with van der Waals surface area (Å²) in [6, 6.07) is 11.8. The average molecular weight is 512 g/mol. The van der Waals surface area contributed by atoms with Crippen LogP contribution in [0.3, 0.4) is 0 Å². The van der Waals surface area contributed by atoms with E-state index in [-0.39, 0.29) is 22.8 Å². The van der Waals surface area contributed by atoms with Gasteiger partial charge in [-0.05, 0) is 48.4 Å². The largest absolute Gasteiger partial charge is 0.507 e. The average Bonchev–Trinajstić information content (AvgIpc) is 2.83. The highest BCUT2D eigenvalue weighted by Crippen LogP contribution is 2.39. The second kappa shape index (κ2) is 11.0. The number of benzene rings is 2. The first-order valence-corrected chi connectivity index (χ1v) is 14.0. The molecule has 1 aliphatic carbocycles. The number of sulfonamides is 1. The Kier molecular flexibility index (Phi) is 7.97. The van der Waals surface area contributed by atoms with E-state index in [4.69, 9.17) is 9.56 Å². The van der Waals surface area contributed by atoms with Gasteiger partial charge in [-0.15, -0.1) is 0 Å². The summed E-state index contributed by atoms with van der Waals surface area (Å²) >= 11 is 0. The van der Waals surface area contributed by atoms with Crippen LogP contribution in [0.5, 0.6) is 5.75 Å². The highest BCUT2D eigenvalue weighted by atomic mass is 32.2. The first-order valence-electron chi connectivity index (χ1n) is 12.5. The fraction of sp³-hybridized carbons (Fsp3) is 0.393. The highest BCUT2D eigenvalue weighted by Gasteiger charge is 2.28. The molecule has 1 atom stereocenters. The van der Waals surface area contributed by atoms with Crippen molar-refractivity contribution in [2.45, 2.75) is 75.7 Å².